The zero-order valence-electron chi connectivity index (χ0n) is 11.3. The standard InChI is InChI=1S/C12H20F3N3/c1-5-6-7-18-10(12(13,14)15)9(16-17-18)8-11(2,3)4/h5-8H2,1-4H3. The highest BCUT2D eigenvalue weighted by molar-refractivity contribution is 5.15. The molecule has 1 aromatic rings. The molecule has 0 N–H and O–H groups in total. The third-order valence-corrected chi connectivity index (χ3v) is 2.49. The molecule has 0 aromatic carbocycles. The molecule has 0 saturated carbocycles. The lowest BCUT2D eigenvalue weighted by Crippen LogP contribution is -2.19. The van der Waals surface area contributed by atoms with E-state index in [0.717, 1.165) is 11.1 Å². The van der Waals surface area contributed by atoms with Gasteiger partial charge in [-0.15, -0.1) is 5.10 Å². The molecule has 1 rings (SSSR count). The summed E-state index contributed by atoms with van der Waals surface area (Å²) in [7, 11) is 0. The van der Waals surface area contributed by atoms with Crippen molar-refractivity contribution in [2.24, 2.45) is 5.41 Å². The summed E-state index contributed by atoms with van der Waals surface area (Å²) in [4.78, 5) is 0. The Labute approximate surface area is 105 Å². The van der Waals surface area contributed by atoms with E-state index in [4.69, 9.17) is 0 Å². The lowest BCUT2D eigenvalue weighted by Gasteiger charge is -2.18. The highest BCUT2D eigenvalue weighted by Crippen LogP contribution is 2.33. The Morgan fingerprint density at radius 2 is 1.78 bits per heavy atom. The molecule has 1 aromatic heterocycles. The van der Waals surface area contributed by atoms with Gasteiger partial charge in [0.1, 0.15) is 0 Å². The summed E-state index contributed by atoms with van der Waals surface area (Å²) >= 11 is 0. The topological polar surface area (TPSA) is 30.7 Å². The van der Waals surface area contributed by atoms with Crippen molar-refractivity contribution in [1.82, 2.24) is 15.0 Å². The second-order valence-corrected chi connectivity index (χ2v) is 5.70. The van der Waals surface area contributed by atoms with Gasteiger partial charge in [-0.2, -0.15) is 13.2 Å². The number of hydrogen-bond donors (Lipinski definition) is 0. The summed E-state index contributed by atoms with van der Waals surface area (Å²) in [5, 5.41) is 7.36. The Morgan fingerprint density at radius 1 is 1.17 bits per heavy atom. The van der Waals surface area contributed by atoms with Crippen molar-refractivity contribution in [3.8, 4) is 0 Å². The first-order chi connectivity index (χ1) is 8.15. The first-order valence-corrected chi connectivity index (χ1v) is 6.14. The maximum Gasteiger partial charge on any atom is 0.434 e. The van der Waals surface area contributed by atoms with Crippen LogP contribution in [0, 0.1) is 5.41 Å². The van der Waals surface area contributed by atoms with Crippen LogP contribution in [0.2, 0.25) is 0 Å². The number of halogens is 3. The lowest BCUT2D eigenvalue weighted by molar-refractivity contribution is -0.145. The summed E-state index contributed by atoms with van der Waals surface area (Å²) in [6.45, 7) is 7.86. The van der Waals surface area contributed by atoms with E-state index in [9.17, 15) is 13.2 Å². The van der Waals surface area contributed by atoms with E-state index in [0.29, 0.717) is 6.42 Å². The molecule has 18 heavy (non-hydrogen) atoms. The molecule has 6 heteroatoms. The zero-order valence-corrected chi connectivity index (χ0v) is 11.3. The van der Waals surface area contributed by atoms with Gasteiger partial charge in [-0.05, 0) is 18.3 Å². The van der Waals surface area contributed by atoms with Gasteiger partial charge in [0.05, 0.1) is 5.69 Å². The lowest BCUT2D eigenvalue weighted by atomic mass is 9.90. The van der Waals surface area contributed by atoms with E-state index in [-0.39, 0.29) is 24.1 Å². The van der Waals surface area contributed by atoms with Crippen LogP contribution in [0.5, 0.6) is 0 Å². The minimum Gasteiger partial charge on any atom is -0.240 e. The molecule has 0 aliphatic heterocycles. The smallest absolute Gasteiger partial charge is 0.240 e. The van der Waals surface area contributed by atoms with Gasteiger partial charge in [0.15, 0.2) is 5.69 Å². The second kappa shape index (κ2) is 5.28. The molecule has 0 unspecified atom stereocenters. The normalized spacial score (nSPS) is 13.1. The maximum atomic E-state index is 13.0. The van der Waals surface area contributed by atoms with Gasteiger partial charge < -0.3 is 0 Å². The summed E-state index contributed by atoms with van der Waals surface area (Å²) in [6.07, 6.45) is -2.63. The molecule has 3 nitrogen and oxygen atoms in total. The average Bonchev–Trinajstić information content (AvgIpc) is 2.54. The molecule has 0 saturated heterocycles. The molecule has 0 radical (unpaired) electrons. The highest BCUT2D eigenvalue weighted by Gasteiger charge is 2.39. The molecule has 0 aliphatic carbocycles. The summed E-state index contributed by atoms with van der Waals surface area (Å²) < 4.78 is 40.1. The van der Waals surface area contributed by atoms with Gasteiger partial charge in [-0.1, -0.05) is 39.3 Å². The van der Waals surface area contributed by atoms with E-state index in [1.165, 1.54) is 0 Å². The molecule has 0 aliphatic rings. The Kier molecular flexibility index (Phi) is 4.40. The molecular weight excluding hydrogens is 243 g/mol. The van der Waals surface area contributed by atoms with Gasteiger partial charge >= 0.3 is 6.18 Å². The monoisotopic (exact) mass is 263 g/mol. The van der Waals surface area contributed by atoms with Crippen molar-refractivity contribution >= 4 is 0 Å². The predicted octanol–water partition coefficient (Wildman–Crippen LogP) is 3.69. The number of aromatic nitrogens is 3. The Balaban J connectivity index is 3.08. The number of unbranched alkanes of at least 4 members (excludes halogenated alkanes) is 1. The van der Waals surface area contributed by atoms with Crippen LogP contribution in [-0.4, -0.2) is 15.0 Å². The number of aryl methyl sites for hydroxylation is 1. The summed E-state index contributed by atoms with van der Waals surface area (Å²) in [5.41, 5.74) is -0.886. The van der Waals surface area contributed by atoms with Crippen LogP contribution in [0.25, 0.3) is 0 Å². The third kappa shape index (κ3) is 3.99. The zero-order chi connectivity index (χ0) is 14.0. The Bertz CT molecular complexity index is 388. The van der Waals surface area contributed by atoms with Crippen LogP contribution in [0.4, 0.5) is 13.2 Å². The van der Waals surface area contributed by atoms with Crippen molar-refractivity contribution < 1.29 is 13.2 Å². The minimum absolute atomic E-state index is 0.0473. The predicted molar refractivity (Wildman–Crippen MR) is 63.1 cm³/mol. The van der Waals surface area contributed by atoms with Gasteiger partial charge in [0, 0.05) is 6.54 Å². The fraction of sp³-hybridized carbons (Fsp3) is 0.833. The van der Waals surface area contributed by atoms with Crippen molar-refractivity contribution in [3.63, 3.8) is 0 Å². The number of nitrogens with zero attached hydrogens (tertiary/aromatic N) is 3. The molecule has 0 fully saturated rings. The average molecular weight is 263 g/mol. The Morgan fingerprint density at radius 3 is 2.22 bits per heavy atom. The van der Waals surface area contributed by atoms with E-state index in [1.54, 1.807) is 0 Å². The van der Waals surface area contributed by atoms with Crippen LogP contribution in [0.15, 0.2) is 0 Å². The van der Waals surface area contributed by atoms with E-state index in [2.05, 4.69) is 10.3 Å². The molecule has 0 atom stereocenters. The van der Waals surface area contributed by atoms with Crippen LogP contribution in [-0.2, 0) is 19.1 Å². The summed E-state index contributed by atoms with van der Waals surface area (Å²) in [5.74, 6) is 0. The maximum absolute atomic E-state index is 13.0. The number of alkyl halides is 3. The van der Waals surface area contributed by atoms with Gasteiger partial charge in [-0.25, -0.2) is 4.68 Å². The molecular formula is C12H20F3N3. The van der Waals surface area contributed by atoms with Crippen molar-refractivity contribution in [1.29, 1.82) is 0 Å². The second-order valence-electron chi connectivity index (χ2n) is 5.70. The van der Waals surface area contributed by atoms with Crippen LogP contribution in [0.3, 0.4) is 0 Å². The highest BCUT2D eigenvalue weighted by atomic mass is 19.4. The fourth-order valence-corrected chi connectivity index (χ4v) is 1.74. The SMILES string of the molecule is CCCCn1nnc(CC(C)(C)C)c1C(F)(F)F. The Hall–Kier alpha value is -1.07. The molecule has 104 valence electrons. The van der Waals surface area contributed by atoms with E-state index in [1.807, 2.05) is 27.7 Å². The minimum atomic E-state index is -4.39. The van der Waals surface area contributed by atoms with Crippen LogP contribution < -0.4 is 0 Å². The van der Waals surface area contributed by atoms with E-state index < -0.39 is 11.9 Å². The first-order valence-electron chi connectivity index (χ1n) is 6.14. The largest absolute Gasteiger partial charge is 0.434 e. The molecule has 1 heterocycles. The van der Waals surface area contributed by atoms with Gasteiger partial charge in [0.25, 0.3) is 0 Å². The van der Waals surface area contributed by atoms with Crippen molar-refractivity contribution in [3.05, 3.63) is 11.4 Å². The van der Waals surface area contributed by atoms with Crippen LogP contribution >= 0.6 is 0 Å². The van der Waals surface area contributed by atoms with Crippen molar-refractivity contribution in [2.75, 3.05) is 0 Å². The number of hydrogen-bond acceptors (Lipinski definition) is 2. The molecule has 0 spiro atoms. The van der Waals surface area contributed by atoms with E-state index >= 15 is 0 Å². The first kappa shape index (κ1) is 15.0. The van der Waals surface area contributed by atoms with Crippen LogP contribution in [0.1, 0.15) is 51.9 Å². The number of rotatable bonds is 4. The quantitative estimate of drug-likeness (QED) is 0.829. The fourth-order valence-electron chi connectivity index (χ4n) is 1.74. The summed E-state index contributed by atoms with van der Waals surface area (Å²) in [6, 6.07) is 0. The molecule has 0 bridgehead atoms. The van der Waals surface area contributed by atoms with Crippen molar-refractivity contribution in [2.45, 2.75) is 59.7 Å². The third-order valence-electron chi connectivity index (χ3n) is 2.49. The van der Waals surface area contributed by atoms with Gasteiger partial charge in [-0.3, -0.25) is 0 Å². The molecule has 0 amide bonds. The van der Waals surface area contributed by atoms with Gasteiger partial charge in [0.2, 0.25) is 0 Å².